The topological polar surface area (TPSA) is 103 Å². The van der Waals surface area contributed by atoms with Gasteiger partial charge in [0.25, 0.3) is 5.69 Å². The smallest absolute Gasteiger partial charge is 0.270 e. The van der Waals surface area contributed by atoms with E-state index in [1.54, 1.807) is 18.3 Å². The van der Waals surface area contributed by atoms with Crippen molar-refractivity contribution in [2.24, 2.45) is 10.9 Å². The molecule has 0 amide bonds. The molecule has 4 rings (SSSR count). The van der Waals surface area contributed by atoms with Crippen molar-refractivity contribution in [3.05, 3.63) is 76.0 Å². The molecule has 0 spiro atoms. The molecule has 7 heteroatoms. The molecule has 1 atom stereocenters. The number of fused-ring (bicyclic) bond motifs is 2. The van der Waals surface area contributed by atoms with Crippen LogP contribution in [-0.4, -0.2) is 27.2 Å². The van der Waals surface area contributed by atoms with Crippen molar-refractivity contribution in [2.75, 3.05) is 0 Å². The first-order valence-electron chi connectivity index (χ1n) is 8.22. The number of aromatic nitrogens is 1. The van der Waals surface area contributed by atoms with E-state index in [1.165, 1.54) is 25.1 Å². The Labute approximate surface area is 153 Å². The molecule has 0 saturated carbocycles. The number of aliphatic imine (C=N–C) groups is 1. The molecule has 2 aromatic carbocycles. The van der Waals surface area contributed by atoms with Crippen molar-refractivity contribution in [1.82, 2.24) is 4.98 Å². The van der Waals surface area contributed by atoms with Gasteiger partial charge in [-0.25, -0.2) is 0 Å². The second kappa shape index (κ2) is 6.21. The Morgan fingerprint density at radius 3 is 2.70 bits per heavy atom. The van der Waals surface area contributed by atoms with Crippen molar-refractivity contribution < 1.29 is 14.5 Å². The summed E-state index contributed by atoms with van der Waals surface area (Å²) in [6, 6.07) is 13.0. The maximum atomic E-state index is 12.6. The van der Waals surface area contributed by atoms with E-state index in [9.17, 15) is 19.7 Å². The lowest BCUT2D eigenvalue weighted by atomic mass is 9.99. The SMILES string of the molecule is CC(=O)C1C(=O)c2ccc([N+](=O)[O-])cc2C1=Nc1ccc2cccnc2c1. The lowest BCUT2D eigenvalue weighted by Crippen LogP contribution is -2.23. The lowest BCUT2D eigenvalue weighted by Gasteiger charge is -2.07. The highest BCUT2D eigenvalue weighted by atomic mass is 16.6. The second-order valence-electron chi connectivity index (χ2n) is 6.27. The molecule has 0 fully saturated rings. The molecule has 0 saturated heterocycles. The largest absolute Gasteiger partial charge is 0.299 e. The van der Waals surface area contributed by atoms with E-state index < -0.39 is 10.8 Å². The summed E-state index contributed by atoms with van der Waals surface area (Å²) in [6.45, 7) is 1.32. The fourth-order valence-corrected chi connectivity index (χ4v) is 3.27. The van der Waals surface area contributed by atoms with Crippen LogP contribution in [0.2, 0.25) is 0 Å². The number of hydrogen-bond donors (Lipinski definition) is 0. The molecule has 27 heavy (non-hydrogen) atoms. The van der Waals surface area contributed by atoms with Crippen molar-refractivity contribution in [3.63, 3.8) is 0 Å². The van der Waals surface area contributed by atoms with Crippen molar-refractivity contribution in [3.8, 4) is 0 Å². The number of rotatable bonds is 3. The lowest BCUT2D eigenvalue weighted by molar-refractivity contribution is -0.384. The Kier molecular flexibility index (Phi) is 3.84. The van der Waals surface area contributed by atoms with Crippen LogP contribution in [0.25, 0.3) is 10.9 Å². The third-order valence-corrected chi connectivity index (χ3v) is 4.54. The number of ketones is 2. The first kappa shape index (κ1) is 16.7. The Bertz CT molecular complexity index is 1170. The van der Waals surface area contributed by atoms with Crippen LogP contribution in [0.3, 0.4) is 0 Å². The summed E-state index contributed by atoms with van der Waals surface area (Å²) in [4.78, 5) is 44.1. The second-order valence-corrected chi connectivity index (χ2v) is 6.27. The van der Waals surface area contributed by atoms with Crippen LogP contribution >= 0.6 is 0 Å². The number of non-ortho nitro benzene ring substituents is 1. The van der Waals surface area contributed by atoms with Crippen LogP contribution in [0, 0.1) is 16.0 Å². The highest BCUT2D eigenvalue weighted by molar-refractivity contribution is 6.37. The van der Waals surface area contributed by atoms with Gasteiger partial charge in [-0.1, -0.05) is 12.1 Å². The van der Waals surface area contributed by atoms with Gasteiger partial charge in [0.05, 0.1) is 21.8 Å². The normalized spacial score (nSPS) is 17.3. The number of pyridine rings is 1. The molecule has 0 N–H and O–H groups in total. The van der Waals surface area contributed by atoms with E-state index >= 15 is 0 Å². The minimum atomic E-state index is -1.05. The van der Waals surface area contributed by atoms with Crippen LogP contribution in [0.5, 0.6) is 0 Å². The summed E-state index contributed by atoms with van der Waals surface area (Å²) in [5.41, 5.74) is 1.94. The number of Topliss-reactive ketones (excluding diaryl/α,β-unsaturated/α-hetero) is 2. The van der Waals surface area contributed by atoms with E-state index in [0.717, 1.165) is 10.9 Å². The van der Waals surface area contributed by atoms with Gasteiger partial charge in [-0.2, -0.15) is 0 Å². The Hall–Kier alpha value is -3.74. The summed E-state index contributed by atoms with van der Waals surface area (Å²) < 4.78 is 0. The van der Waals surface area contributed by atoms with E-state index in [0.29, 0.717) is 11.3 Å². The fraction of sp³-hybridized carbons (Fsp3) is 0.100. The van der Waals surface area contributed by atoms with E-state index in [1.807, 2.05) is 18.2 Å². The summed E-state index contributed by atoms with van der Waals surface area (Å²) in [7, 11) is 0. The maximum Gasteiger partial charge on any atom is 0.270 e. The van der Waals surface area contributed by atoms with Gasteiger partial charge in [-0.3, -0.25) is 29.7 Å². The van der Waals surface area contributed by atoms with Gasteiger partial charge in [-0.15, -0.1) is 0 Å². The van der Waals surface area contributed by atoms with Gasteiger partial charge < -0.3 is 0 Å². The summed E-state index contributed by atoms with van der Waals surface area (Å²) in [5.74, 6) is -1.79. The van der Waals surface area contributed by atoms with Gasteiger partial charge in [0.15, 0.2) is 5.78 Å². The number of hydrogen-bond acceptors (Lipinski definition) is 6. The highest BCUT2D eigenvalue weighted by Crippen LogP contribution is 2.33. The molecule has 3 aromatic rings. The van der Waals surface area contributed by atoms with Crippen LogP contribution in [0.4, 0.5) is 11.4 Å². The van der Waals surface area contributed by atoms with Gasteiger partial charge in [0, 0.05) is 34.8 Å². The number of nitro benzene ring substituents is 1. The standard InChI is InChI=1S/C20H13N3O4/c1-11(24)18-19(16-10-14(23(26)27)6-7-15(16)20(18)25)22-13-5-4-12-3-2-8-21-17(12)9-13/h2-10,18H,1H3. The zero-order chi connectivity index (χ0) is 19.1. The number of benzene rings is 2. The first-order chi connectivity index (χ1) is 13.0. The monoisotopic (exact) mass is 359 g/mol. The molecular weight excluding hydrogens is 346 g/mol. The minimum Gasteiger partial charge on any atom is -0.299 e. The number of carbonyl (C=O) groups is 2. The molecule has 0 aliphatic heterocycles. The number of nitrogens with zero attached hydrogens (tertiary/aromatic N) is 3. The number of carbonyl (C=O) groups excluding carboxylic acids is 2. The quantitative estimate of drug-likeness (QED) is 0.403. The third-order valence-electron chi connectivity index (χ3n) is 4.54. The van der Waals surface area contributed by atoms with E-state index in [4.69, 9.17) is 0 Å². The zero-order valence-corrected chi connectivity index (χ0v) is 14.2. The van der Waals surface area contributed by atoms with Crippen LogP contribution < -0.4 is 0 Å². The van der Waals surface area contributed by atoms with Crippen LogP contribution in [0.15, 0.2) is 59.7 Å². The highest BCUT2D eigenvalue weighted by Gasteiger charge is 2.40. The first-order valence-corrected chi connectivity index (χ1v) is 8.22. The molecule has 1 aliphatic carbocycles. The molecule has 1 heterocycles. The van der Waals surface area contributed by atoms with E-state index in [2.05, 4.69) is 9.98 Å². The van der Waals surface area contributed by atoms with Crippen LogP contribution in [-0.2, 0) is 4.79 Å². The molecule has 132 valence electrons. The molecular formula is C20H13N3O4. The summed E-state index contributed by atoms with van der Waals surface area (Å²) in [6.07, 6.45) is 1.66. The summed E-state index contributed by atoms with van der Waals surface area (Å²) in [5, 5.41) is 12.0. The molecule has 0 bridgehead atoms. The predicted molar refractivity (Wildman–Crippen MR) is 99.5 cm³/mol. The summed E-state index contributed by atoms with van der Waals surface area (Å²) >= 11 is 0. The predicted octanol–water partition coefficient (Wildman–Crippen LogP) is 3.67. The molecule has 7 nitrogen and oxygen atoms in total. The fourth-order valence-electron chi connectivity index (χ4n) is 3.27. The van der Waals surface area contributed by atoms with Crippen molar-refractivity contribution >= 4 is 39.6 Å². The zero-order valence-electron chi connectivity index (χ0n) is 14.2. The van der Waals surface area contributed by atoms with Gasteiger partial charge in [-0.05, 0) is 31.2 Å². The molecule has 1 aromatic heterocycles. The molecule has 0 radical (unpaired) electrons. The Balaban J connectivity index is 1.91. The minimum absolute atomic E-state index is 0.154. The maximum absolute atomic E-state index is 12.6. The van der Waals surface area contributed by atoms with E-state index in [-0.39, 0.29) is 28.5 Å². The van der Waals surface area contributed by atoms with Crippen molar-refractivity contribution in [1.29, 1.82) is 0 Å². The van der Waals surface area contributed by atoms with Crippen molar-refractivity contribution in [2.45, 2.75) is 6.92 Å². The molecule has 1 unspecified atom stereocenters. The third kappa shape index (κ3) is 2.79. The average molecular weight is 359 g/mol. The van der Waals surface area contributed by atoms with Gasteiger partial charge >= 0.3 is 0 Å². The molecule has 1 aliphatic rings. The van der Waals surface area contributed by atoms with Gasteiger partial charge in [0.1, 0.15) is 11.7 Å². The van der Waals surface area contributed by atoms with Gasteiger partial charge in [0.2, 0.25) is 0 Å². The van der Waals surface area contributed by atoms with Crippen LogP contribution in [0.1, 0.15) is 22.8 Å². The average Bonchev–Trinajstić information content (AvgIpc) is 2.93. The number of nitro groups is 1. The Morgan fingerprint density at radius 2 is 1.96 bits per heavy atom. The Morgan fingerprint density at radius 1 is 1.15 bits per heavy atom.